The Labute approximate surface area is 55.9 Å². The summed E-state index contributed by atoms with van der Waals surface area (Å²) in [6, 6.07) is 0. The third-order valence-electron chi connectivity index (χ3n) is 0.510. The minimum atomic E-state index is 0.936. The molecule has 0 aromatic carbocycles. The number of allylic oxidation sites excluding steroid dienone is 1. The molecule has 0 aromatic heterocycles. The van der Waals surface area contributed by atoms with Gasteiger partial charge in [0, 0.05) is 11.9 Å². The largest absolute Gasteiger partial charge is 0.265 e. The maximum Gasteiger partial charge on any atom is 0.0356 e. The summed E-state index contributed by atoms with van der Waals surface area (Å²) in [5.41, 5.74) is 1.05. The topological polar surface area (TPSA) is 12.4 Å². The Kier molecular flexibility index (Phi) is 3.61. The minimum Gasteiger partial charge on any atom is -0.265 e. The molecule has 0 saturated carbocycles. The molecule has 0 spiro atoms. The number of aliphatic imine (C=N–C) groups is 1. The molecule has 0 saturated heterocycles. The Balaban J connectivity index is 3.76. The summed E-state index contributed by atoms with van der Waals surface area (Å²) in [7, 11) is 0. The van der Waals surface area contributed by atoms with Crippen LogP contribution in [0.1, 0.15) is 20.8 Å². The van der Waals surface area contributed by atoms with E-state index in [9.17, 15) is 0 Å². The number of nitrogens with zero attached hydrogens (tertiary/aromatic N) is 1. The lowest BCUT2D eigenvalue weighted by Gasteiger charge is -1.83. The van der Waals surface area contributed by atoms with Gasteiger partial charge in [0.2, 0.25) is 0 Å². The summed E-state index contributed by atoms with van der Waals surface area (Å²) in [6.45, 7) is 5.80. The van der Waals surface area contributed by atoms with Crippen LogP contribution in [-0.4, -0.2) is 5.71 Å². The minimum absolute atomic E-state index is 0.936. The number of hydrogen-bond donors (Lipinski definition) is 1. The standard InChI is InChI=1S/C6H11NS/c1-5(2)7-4-6(3)8/h4,8H,1-3H3/b6-4+. The zero-order valence-electron chi connectivity index (χ0n) is 5.47. The highest BCUT2D eigenvalue weighted by Gasteiger charge is 1.73. The summed E-state index contributed by atoms with van der Waals surface area (Å²) in [6.07, 6.45) is 1.73. The molecule has 2 heteroatoms. The molecule has 0 aliphatic carbocycles. The number of rotatable bonds is 1. The van der Waals surface area contributed by atoms with Gasteiger partial charge in [0.15, 0.2) is 0 Å². The first-order chi connectivity index (χ1) is 3.63. The van der Waals surface area contributed by atoms with Gasteiger partial charge in [0.05, 0.1) is 0 Å². The second-order valence-corrected chi connectivity index (χ2v) is 2.55. The molecule has 0 heterocycles. The summed E-state index contributed by atoms with van der Waals surface area (Å²) >= 11 is 4.03. The first kappa shape index (κ1) is 7.76. The summed E-state index contributed by atoms with van der Waals surface area (Å²) in [4.78, 5) is 4.94. The van der Waals surface area contributed by atoms with Gasteiger partial charge in [-0.05, 0) is 25.7 Å². The number of hydrogen-bond acceptors (Lipinski definition) is 2. The fourth-order valence-corrected chi connectivity index (χ4v) is 0.280. The van der Waals surface area contributed by atoms with Gasteiger partial charge in [-0.15, -0.1) is 12.6 Å². The molecule has 0 unspecified atom stereocenters. The van der Waals surface area contributed by atoms with E-state index in [1.54, 1.807) is 6.20 Å². The highest BCUT2D eigenvalue weighted by Crippen LogP contribution is 1.96. The van der Waals surface area contributed by atoms with Gasteiger partial charge in [-0.1, -0.05) is 0 Å². The van der Waals surface area contributed by atoms with Gasteiger partial charge >= 0.3 is 0 Å². The van der Waals surface area contributed by atoms with E-state index in [0.29, 0.717) is 0 Å². The SMILES string of the molecule is CC(C)=N/C=C(\C)S. The zero-order chi connectivity index (χ0) is 6.57. The van der Waals surface area contributed by atoms with Gasteiger partial charge in [-0.3, -0.25) is 4.99 Å². The molecule has 0 aliphatic heterocycles. The van der Waals surface area contributed by atoms with Crippen LogP contribution in [0.4, 0.5) is 0 Å². The van der Waals surface area contributed by atoms with Crippen molar-refractivity contribution in [1.29, 1.82) is 0 Å². The zero-order valence-corrected chi connectivity index (χ0v) is 6.37. The Morgan fingerprint density at radius 2 is 1.88 bits per heavy atom. The molecule has 0 rings (SSSR count). The third-order valence-corrected chi connectivity index (χ3v) is 0.625. The van der Waals surface area contributed by atoms with Crippen LogP contribution in [-0.2, 0) is 0 Å². The molecule has 0 N–H and O–H groups in total. The predicted octanol–water partition coefficient (Wildman–Crippen LogP) is 2.26. The Bertz CT molecular complexity index is 100. The van der Waals surface area contributed by atoms with E-state index in [2.05, 4.69) is 17.6 Å². The Morgan fingerprint density at radius 3 is 2.00 bits per heavy atom. The van der Waals surface area contributed by atoms with Crippen LogP contribution in [0.25, 0.3) is 0 Å². The number of thiol groups is 1. The van der Waals surface area contributed by atoms with Crippen LogP contribution in [0.3, 0.4) is 0 Å². The lowest BCUT2D eigenvalue weighted by Crippen LogP contribution is -1.75. The van der Waals surface area contributed by atoms with Crippen molar-refractivity contribution in [3.8, 4) is 0 Å². The molecule has 0 aromatic rings. The van der Waals surface area contributed by atoms with Crippen molar-refractivity contribution < 1.29 is 0 Å². The van der Waals surface area contributed by atoms with E-state index in [1.807, 2.05) is 20.8 Å². The molecule has 0 atom stereocenters. The van der Waals surface area contributed by atoms with Crippen LogP contribution in [0, 0.1) is 0 Å². The predicted molar refractivity (Wildman–Crippen MR) is 41.5 cm³/mol. The van der Waals surface area contributed by atoms with Crippen LogP contribution in [0.2, 0.25) is 0 Å². The highest BCUT2D eigenvalue weighted by atomic mass is 32.1. The van der Waals surface area contributed by atoms with Gasteiger partial charge in [0.1, 0.15) is 0 Å². The first-order valence-electron chi connectivity index (χ1n) is 2.49. The third kappa shape index (κ3) is 5.76. The van der Waals surface area contributed by atoms with Crippen molar-refractivity contribution in [1.82, 2.24) is 0 Å². The smallest absolute Gasteiger partial charge is 0.0356 e. The molecule has 0 aliphatic rings. The molecular weight excluding hydrogens is 118 g/mol. The van der Waals surface area contributed by atoms with Crippen molar-refractivity contribution in [2.75, 3.05) is 0 Å². The average molecular weight is 129 g/mol. The maximum atomic E-state index is 4.03. The lowest BCUT2D eigenvalue weighted by molar-refractivity contribution is 1.46. The van der Waals surface area contributed by atoms with Crippen molar-refractivity contribution in [3.05, 3.63) is 11.1 Å². The van der Waals surface area contributed by atoms with Crippen LogP contribution in [0.5, 0.6) is 0 Å². The molecule has 0 fully saturated rings. The van der Waals surface area contributed by atoms with E-state index in [-0.39, 0.29) is 0 Å². The van der Waals surface area contributed by atoms with Crippen LogP contribution in [0.15, 0.2) is 16.1 Å². The maximum absolute atomic E-state index is 4.03. The molecular formula is C6H11NS. The second kappa shape index (κ2) is 3.72. The van der Waals surface area contributed by atoms with E-state index in [4.69, 9.17) is 0 Å². The summed E-state index contributed by atoms with van der Waals surface area (Å²) in [5, 5.41) is 0. The fourth-order valence-electron chi connectivity index (χ4n) is 0.223. The Morgan fingerprint density at radius 1 is 1.38 bits per heavy atom. The molecule has 0 radical (unpaired) electrons. The van der Waals surface area contributed by atoms with E-state index < -0.39 is 0 Å². The van der Waals surface area contributed by atoms with E-state index in [1.165, 1.54) is 0 Å². The van der Waals surface area contributed by atoms with Crippen molar-refractivity contribution >= 4 is 18.3 Å². The van der Waals surface area contributed by atoms with Gasteiger partial charge in [0.25, 0.3) is 0 Å². The first-order valence-corrected chi connectivity index (χ1v) is 2.94. The summed E-state index contributed by atoms with van der Waals surface area (Å²) < 4.78 is 0. The average Bonchev–Trinajstić information content (AvgIpc) is 1.61. The quantitative estimate of drug-likeness (QED) is 0.412. The van der Waals surface area contributed by atoms with Crippen molar-refractivity contribution in [2.45, 2.75) is 20.8 Å². The summed E-state index contributed by atoms with van der Waals surface area (Å²) in [5.74, 6) is 0. The van der Waals surface area contributed by atoms with Crippen molar-refractivity contribution in [2.24, 2.45) is 4.99 Å². The second-order valence-electron chi connectivity index (χ2n) is 1.85. The normalized spacial score (nSPS) is 11.2. The van der Waals surface area contributed by atoms with E-state index in [0.717, 1.165) is 10.6 Å². The van der Waals surface area contributed by atoms with Crippen molar-refractivity contribution in [3.63, 3.8) is 0 Å². The van der Waals surface area contributed by atoms with Gasteiger partial charge in [-0.25, -0.2) is 0 Å². The molecule has 1 nitrogen and oxygen atoms in total. The van der Waals surface area contributed by atoms with Gasteiger partial charge in [-0.2, -0.15) is 0 Å². The Hall–Kier alpha value is -0.240. The molecule has 0 amide bonds. The lowest BCUT2D eigenvalue weighted by atomic mass is 10.5. The fraction of sp³-hybridized carbons (Fsp3) is 0.500. The highest BCUT2D eigenvalue weighted by molar-refractivity contribution is 7.84. The molecule has 46 valence electrons. The van der Waals surface area contributed by atoms with Crippen LogP contribution >= 0.6 is 12.6 Å². The van der Waals surface area contributed by atoms with Crippen LogP contribution < -0.4 is 0 Å². The molecule has 8 heavy (non-hydrogen) atoms. The molecule has 0 bridgehead atoms. The van der Waals surface area contributed by atoms with E-state index >= 15 is 0 Å². The monoisotopic (exact) mass is 129 g/mol. The van der Waals surface area contributed by atoms with Gasteiger partial charge < -0.3 is 0 Å².